The Morgan fingerprint density at radius 3 is 3.00 bits per heavy atom. The van der Waals surface area contributed by atoms with Crippen LogP contribution in [0.3, 0.4) is 0 Å². The molecule has 0 atom stereocenters. The van der Waals surface area contributed by atoms with Crippen LogP contribution in [0.25, 0.3) is 11.0 Å². The van der Waals surface area contributed by atoms with E-state index in [9.17, 15) is 0 Å². The molecule has 0 aliphatic rings. The predicted molar refractivity (Wildman–Crippen MR) is 54.0 cm³/mol. The lowest BCUT2D eigenvalue weighted by Crippen LogP contribution is -2.02. The number of hydrogen-bond acceptors (Lipinski definition) is 2. The third kappa shape index (κ3) is 1.55. The van der Waals surface area contributed by atoms with Crippen LogP contribution in [0.2, 0.25) is 5.02 Å². The average molecular weight is 196 g/mol. The zero-order chi connectivity index (χ0) is 9.26. The SMILES string of the molecule is NCCc1ccc2c(Cl)coc2c1. The van der Waals surface area contributed by atoms with Crippen molar-refractivity contribution in [1.82, 2.24) is 0 Å². The molecule has 2 nitrogen and oxygen atoms in total. The molecule has 68 valence electrons. The molecule has 3 heteroatoms. The molecule has 1 aromatic heterocycles. The Balaban J connectivity index is 2.50. The van der Waals surface area contributed by atoms with Gasteiger partial charge in [0, 0.05) is 5.39 Å². The van der Waals surface area contributed by atoms with Gasteiger partial charge in [0.15, 0.2) is 0 Å². The molecule has 0 spiro atoms. The number of hydrogen-bond donors (Lipinski definition) is 1. The molecule has 0 aliphatic heterocycles. The van der Waals surface area contributed by atoms with Gasteiger partial charge in [0.25, 0.3) is 0 Å². The Labute approximate surface area is 81.3 Å². The molecule has 2 rings (SSSR count). The van der Waals surface area contributed by atoms with Crippen molar-refractivity contribution in [3.05, 3.63) is 35.0 Å². The van der Waals surface area contributed by atoms with Gasteiger partial charge in [-0.15, -0.1) is 0 Å². The topological polar surface area (TPSA) is 39.2 Å². The van der Waals surface area contributed by atoms with E-state index >= 15 is 0 Å². The first-order valence-corrected chi connectivity index (χ1v) is 4.55. The Bertz CT molecular complexity index is 422. The summed E-state index contributed by atoms with van der Waals surface area (Å²) in [7, 11) is 0. The summed E-state index contributed by atoms with van der Waals surface area (Å²) < 4.78 is 5.26. The fraction of sp³-hybridized carbons (Fsp3) is 0.200. The summed E-state index contributed by atoms with van der Waals surface area (Å²) in [5.74, 6) is 0. The Morgan fingerprint density at radius 1 is 1.38 bits per heavy atom. The van der Waals surface area contributed by atoms with E-state index in [0.29, 0.717) is 11.6 Å². The van der Waals surface area contributed by atoms with Gasteiger partial charge in [-0.3, -0.25) is 0 Å². The molecule has 2 N–H and O–H groups in total. The highest BCUT2D eigenvalue weighted by Gasteiger charge is 2.03. The molecule has 0 radical (unpaired) electrons. The second-order valence-electron chi connectivity index (χ2n) is 2.95. The highest BCUT2D eigenvalue weighted by molar-refractivity contribution is 6.35. The summed E-state index contributed by atoms with van der Waals surface area (Å²) in [6, 6.07) is 5.97. The lowest BCUT2D eigenvalue weighted by molar-refractivity contribution is 0.615. The van der Waals surface area contributed by atoms with Gasteiger partial charge in [0.05, 0.1) is 5.02 Å². The average Bonchev–Trinajstić information content (AvgIpc) is 2.48. The van der Waals surface area contributed by atoms with Gasteiger partial charge in [-0.25, -0.2) is 0 Å². The lowest BCUT2D eigenvalue weighted by atomic mass is 10.1. The molecule has 0 fully saturated rings. The van der Waals surface area contributed by atoms with E-state index in [1.165, 1.54) is 5.56 Å². The van der Waals surface area contributed by atoms with E-state index in [-0.39, 0.29) is 0 Å². The van der Waals surface area contributed by atoms with Crippen molar-refractivity contribution in [3.8, 4) is 0 Å². The Kier molecular flexibility index (Phi) is 2.25. The molecule has 13 heavy (non-hydrogen) atoms. The molecular formula is C10H10ClNO. The summed E-state index contributed by atoms with van der Waals surface area (Å²) in [5.41, 5.74) is 7.46. The summed E-state index contributed by atoms with van der Waals surface area (Å²) in [6.45, 7) is 0.653. The lowest BCUT2D eigenvalue weighted by Gasteiger charge is -1.97. The van der Waals surface area contributed by atoms with Gasteiger partial charge in [0.2, 0.25) is 0 Å². The monoisotopic (exact) mass is 195 g/mol. The molecule has 2 aromatic rings. The van der Waals surface area contributed by atoms with Crippen LogP contribution >= 0.6 is 11.6 Å². The van der Waals surface area contributed by atoms with Crippen molar-refractivity contribution in [3.63, 3.8) is 0 Å². The Morgan fingerprint density at radius 2 is 2.23 bits per heavy atom. The van der Waals surface area contributed by atoms with E-state index in [4.69, 9.17) is 21.8 Å². The first kappa shape index (κ1) is 8.60. The van der Waals surface area contributed by atoms with Crippen molar-refractivity contribution >= 4 is 22.6 Å². The number of furan rings is 1. The molecule has 0 aliphatic carbocycles. The summed E-state index contributed by atoms with van der Waals surface area (Å²) in [5, 5.41) is 1.62. The van der Waals surface area contributed by atoms with Crippen LogP contribution in [0.5, 0.6) is 0 Å². The van der Waals surface area contributed by atoms with Gasteiger partial charge in [0.1, 0.15) is 11.8 Å². The highest BCUT2D eigenvalue weighted by atomic mass is 35.5. The van der Waals surface area contributed by atoms with E-state index in [2.05, 4.69) is 0 Å². The predicted octanol–water partition coefficient (Wildman–Crippen LogP) is 2.59. The van der Waals surface area contributed by atoms with Crippen LogP contribution in [0.15, 0.2) is 28.9 Å². The van der Waals surface area contributed by atoms with E-state index < -0.39 is 0 Å². The van der Waals surface area contributed by atoms with Crippen LogP contribution in [0, 0.1) is 0 Å². The third-order valence-electron chi connectivity index (χ3n) is 2.03. The van der Waals surface area contributed by atoms with Crippen LogP contribution in [-0.2, 0) is 6.42 Å². The van der Waals surface area contributed by atoms with Crippen molar-refractivity contribution < 1.29 is 4.42 Å². The minimum Gasteiger partial charge on any atom is -0.463 e. The fourth-order valence-corrected chi connectivity index (χ4v) is 1.56. The minimum absolute atomic E-state index is 0.653. The fourth-order valence-electron chi connectivity index (χ4n) is 1.36. The minimum atomic E-state index is 0.653. The van der Waals surface area contributed by atoms with Crippen molar-refractivity contribution in [2.24, 2.45) is 5.73 Å². The normalized spacial score (nSPS) is 10.9. The van der Waals surface area contributed by atoms with Gasteiger partial charge in [-0.1, -0.05) is 17.7 Å². The van der Waals surface area contributed by atoms with E-state index in [1.807, 2.05) is 18.2 Å². The van der Waals surface area contributed by atoms with E-state index in [0.717, 1.165) is 17.4 Å². The third-order valence-corrected chi connectivity index (χ3v) is 2.32. The number of halogens is 1. The zero-order valence-electron chi connectivity index (χ0n) is 7.09. The van der Waals surface area contributed by atoms with Gasteiger partial charge in [-0.2, -0.15) is 0 Å². The maximum atomic E-state index is 5.88. The molecule has 0 amide bonds. The second kappa shape index (κ2) is 3.40. The molecule has 0 bridgehead atoms. The van der Waals surface area contributed by atoms with E-state index in [1.54, 1.807) is 6.26 Å². The largest absolute Gasteiger partial charge is 0.463 e. The maximum absolute atomic E-state index is 5.88. The second-order valence-corrected chi connectivity index (χ2v) is 3.36. The highest BCUT2D eigenvalue weighted by Crippen LogP contribution is 2.26. The van der Waals surface area contributed by atoms with Crippen LogP contribution in [-0.4, -0.2) is 6.54 Å². The van der Waals surface area contributed by atoms with Crippen molar-refractivity contribution in [2.45, 2.75) is 6.42 Å². The molecular weight excluding hydrogens is 186 g/mol. The number of benzene rings is 1. The number of rotatable bonds is 2. The Hall–Kier alpha value is -0.990. The molecule has 0 saturated carbocycles. The quantitative estimate of drug-likeness (QED) is 0.800. The van der Waals surface area contributed by atoms with Crippen LogP contribution < -0.4 is 5.73 Å². The van der Waals surface area contributed by atoms with Crippen LogP contribution in [0.1, 0.15) is 5.56 Å². The maximum Gasteiger partial charge on any atom is 0.135 e. The van der Waals surface area contributed by atoms with Crippen molar-refractivity contribution in [1.29, 1.82) is 0 Å². The van der Waals surface area contributed by atoms with Gasteiger partial charge < -0.3 is 10.2 Å². The van der Waals surface area contributed by atoms with Crippen molar-refractivity contribution in [2.75, 3.05) is 6.54 Å². The smallest absolute Gasteiger partial charge is 0.135 e. The molecule has 0 unspecified atom stereocenters. The number of fused-ring (bicyclic) bond motifs is 1. The first-order chi connectivity index (χ1) is 6.31. The standard InChI is InChI=1S/C10H10ClNO/c11-9-6-13-10-5-7(3-4-12)1-2-8(9)10/h1-2,5-6H,3-4,12H2. The molecule has 1 heterocycles. The van der Waals surface area contributed by atoms with Gasteiger partial charge >= 0.3 is 0 Å². The van der Waals surface area contributed by atoms with Gasteiger partial charge in [-0.05, 0) is 30.7 Å². The number of nitrogens with two attached hydrogens (primary N) is 1. The molecule has 1 aromatic carbocycles. The summed E-state index contributed by atoms with van der Waals surface area (Å²) >= 11 is 5.88. The van der Waals surface area contributed by atoms with Crippen LogP contribution in [0.4, 0.5) is 0 Å². The zero-order valence-corrected chi connectivity index (χ0v) is 7.84. The summed E-state index contributed by atoms with van der Waals surface area (Å²) in [6.07, 6.45) is 2.42. The first-order valence-electron chi connectivity index (χ1n) is 4.17. The molecule has 0 saturated heterocycles. The summed E-state index contributed by atoms with van der Waals surface area (Å²) in [4.78, 5) is 0.